The summed E-state index contributed by atoms with van der Waals surface area (Å²) in [6.45, 7) is 4.25. The minimum Gasteiger partial charge on any atom is -0.493 e. The van der Waals surface area contributed by atoms with Crippen molar-refractivity contribution < 1.29 is 17.7 Å². The second-order valence-electron chi connectivity index (χ2n) is 5.34. The Morgan fingerprint density at radius 1 is 1.32 bits per heavy atom. The van der Waals surface area contributed by atoms with Crippen molar-refractivity contribution >= 4 is 10.0 Å². The first-order valence-corrected chi connectivity index (χ1v) is 8.63. The summed E-state index contributed by atoms with van der Waals surface area (Å²) in [6, 6.07) is 5.99. The molecule has 0 aliphatic carbocycles. The fourth-order valence-electron chi connectivity index (χ4n) is 2.66. The van der Waals surface area contributed by atoms with E-state index in [1.54, 1.807) is 13.8 Å². The molecule has 22 heavy (non-hydrogen) atoms. The van der Waals surface area contributed by atoms with Gasteiger partial charge in [-0.3, -0.25) is 0 Å². The van der Waals surface area contributed by atoms with Gasteiger partial charge in [0, 0.05) is 13.0 Å². The third kappa shape index (κ3) is 2.86. The molecule has 1 aliphatic rings. The molecule has 6 nitrogen and oxygen atoms in total. The van der Waals surface area contributed by atoms with Crippen LogP contribution in [0.1, 0.15) is 22.6 Å². The van der Waals surface area contributed by atoms with Gasteiger partial charge >= 0.3 is 0 Å². The van der Waals surface area contributed by atoms with Gasteiger partial charge in [-0.05, 0) is 37.5 Å². The fourth-order valence-corrected chi connectivity index (χ4v) is 4.01. The first kappa shape index (κ1) is 15.1. The predicted molar refractivity (Wildman–Crippen MR) is 80.5 cm³/mol. The third-order valence-corrected chi connectivity index (χ3v) is 5.40. The van der Waals surface area contributed by atoms with Crippen molar-refractivity contribution in [2.75, 3.05) is 13.2 Å². The largest absolute Gasteiger partial charge is 0.493 e. The van der Waals surface area contributed by atoms with Crippen LogP contribution in [0.3, 0.4) is 0 Å². The van der Waals surface area contributed by atoms with Crippen molar-refractivity contribution in [2.24, 2.45) is 0 Å². The molecule has 1 N–H and O–H groups in total. The Morgan fingerprint density at radius 3 is 2.86 bits per heavy atom. The molecule has 2 aromatic rings. The van der Waals surface area contributed by atoms with Crippen molar-refractivity contribution in [1.29, 1.82) is 0 Å². The molecule has 2 heterocycles. The maximum absolute atomic E-state index is 12.3. The van der Waals surface area contributed by atoms with E-state index in [0.29, 0.717) is 24.4 Å². The molecular formula is C15H18N2O4S. The number of hydrogen-bond donors (Lipinski definition) is 1. The Labute approximate surface area is 129 Å². The van der Waals surface area contributed by atoms with E-state index in [4.69, 9.17) is 9.26 Å². The average Bonchev–Trinajstić information content (AvgIpc) is 3.05. The van der Waals surface area contributed by atoms with Crippen LogP contribution in [0, 0.1) is 13.8 Å². The Kier molecular flexibility index (Phi) is 3.92. The van der Waals surface area contributed by atoms with Crippen LogP contribution in [0.15, 0.2) is 27.6 Å². The van der Waals surface area contributed by atoms with E-state index in [0.717, 1.165) is 24.3 Å². The summed E-state index contributed by atoms with van der Waals surface area (Å²) < 4.78 is 37.5. The molecule has 0 fully saturated rings. The molecule has 3 rings (SSSR count). The summed E-state index contributed by atoms with van der Waals surface area (Å²) in [7, 11) is -3.59. The van der Waals surface area contributed by atoms with E-state index in [9.17, 15) is 8.42 Å². The number of hydrogen-bond acceptors (Lipinski definition) is 5. The normalized spacial score (nSPS) is 13.9. The van der Waals surface area contributed by atoms with Crippen LogP contribution in [0.2, 0.25) is 0 Å². The van der Waals surface area contributed by atoms with Crippen LogP contribution in [-0.2, 0) is 22.9 Å². The number of fused-ring (bicyclic) bond motifs is 1. The number of nitrogens with one attached hydrogen (secondary N) is 1. The van der Waals surface area contributed by atoms with E-state index < -0.39 is 10.0 Å². The van der Waals surface area contributed by atoms with Crippen LogP contribution >= 0.6 is 0 Å². The monoisotopic (exact) mass is 322 g/mol. The predicted octanol–water partition coefficient (Wildman–Crippen LogP) is 1.75. The van der Waals surface area contributed by atoms with Crippen molar-refractivity contribution in [3.8, 4) is 5.75 Å². The molecule has 1 aromatic carbocycles. The number of benzene rings is 1. The van der Waals surface area contributed by atoms with Gasteiger partial charge in [0.15, 0.2) is 5.76 Å². The van der Waals surface area contributed by atoms with Gasteiger partial charge in [-0.2, -0.15) is 0 Å². The maximum Gasteiger partial charge on any atom is 0.245 e. The van der Waals surface area contributed by atoms with E-state index in [2.05, 4.69) is 15.9 Å². The number of aryl methyl sites for hydroxylation is 2. The van der Waals surface area contributed by atoms with Crippen LogP contribution in [0.5, 0.6) is 5.75 Å². The van der Waals surface area contributed by atoms with Crippen LogP contribution in [0.25, 0.3) is 0 Å². The molecule has 0 radical (unpaired) electrons. The lowest BCUT2D eigenvalue weighted by molar-refractivity contribution is 0.357. The quantitative estimate of drug-likeness (QED) is 0.907. The zero-order valence-corrected chi connectivity index (χ0v) is 13.4. The molecule has 0 amide bonds. The maximum atomic E-state index is 12.3. The number of ether oxygens (including phenoxy) is 1. The highest BCUT2D eigenvalue weighted by atomic mass is 32.2. The molecule has 118 valence electrons. The van der Waals surface area contributed by atoms with Crippen molar-refractivity contribution in [3.63, 3.8) is 0 Å². The van der Waals surface area contributed by atoms with Crippen molar-refractivity contribution in [1.82, 2.24) is 9.88 Å². The van der Waals surface area contributed by atoms with Gasteiger partial charge in [-0.25, -0.2) is 13.1 Å². The van der Waals surface area contributed by atoms with E-state index in [1.165, 1.54) is 5.56 Å². The minimum atomic E-state index is -3.59. The summed E-state index contributed by atoms with van der Waals surface area (Å²) in [5.74, 6) is 1.24. The first-order chi connectivity index (χ1) is 10.5. The number of aromatic nitrogens is 1. The minimum absolute atomic E-state index is 0.134. The Bertz CT molecular complexity index is 776. The summed E-state index contributed by atoms with van der Waals surface area (Å²) in [5.41, 5.74) is 2.65. The fraction of sp³-hybridized carbons (Fsp3) is 0.400. The van der Waals surface area contributed by atoms with Gasteiger partial charge in [0.25, 0.3) is 0 Å². The summed E-state index contributed by atoms with van der Waals surface area (Å²) in [6.07, 6.45) is 1.53. The number of nitrogens with zero attached hydrogens (tertiary/aromatic N) is 1. The Morgan fingerprint density at radius 2 is 2.14 bits per heavy atom. The van der Waals surface area contributed by atoms with Crippen molar-refractivity contribution in [3.05, 3.63) is 40.8 Å². The highest BCUT2D eigenvalue weighted by molar-refractivity contribution is 7.89. The second kappa shape index (κ2) is 5.73. The molecule has 0 saturated carbocycles. The second-order valence-corrected chi connectivity index (χ2v) is 7.05. The molecule has 0 saturated heterocycles. The summed E-state index contributed by atoms with van der Waals surface area (Å²) >= 11 is 0. The van der Waals surface area contributed by atoms with Gasteiger partial charge in [0.1, 0.15) is 16.3 Å². The van der Waals surface area contributed by atoms with Gasteiger partial charge in [0.2, 0.25) is 10.0 Å². The van der Waals surface area contributed by atoms with E-state index in [-0.39, 0.29) is 4.90 Å². The molecule has 1 aliphatic heterocycles. The van der Waals surface area contributed by atoms with Crippen LogP contribution < -0.4 is 9.46 Å². The molecule has 0 spiro atoms. The first-order valence-electron chi connectivity index (χ1n) is 7.14. The molecular weight excluding hydrogens is 304 g/mol. The number of rotatable bonds is 5. The van der Waals surface area contributed by atoms with Gasteiger partial charge in [0.05, 0.1) is 6.61 Å². The van der Waals surface area contributed by atoms with Crippen LogP contribution in [0.4, 0.5) is 0 Å². The Hall–Kier alpha value is -1.86. The highest BCUT2D eigenvalue weighted by Crippen LogP contribution is 2.26. The summed E-state index contributed by atoms with van der Waals surface area (Å²) in [5, 5.41) is 3.68. The van der Waals surface area contributed by atoms with E-state index >= 15 is 0 Å². The lowest BCUT2D eigenvalue weighted by Gasteiger charge is -2.07. The molecule has 0 unspecified atom stereocenters. The smallest absolute Gasteiger partial charge is 0.245 e. The van der Waals surface area contributed by atoms with Gasteiger partial charge < -0.3 is 9.26 Å². The van der Waals surface area contributed by atoms with Gasteiger partial charge in [-0.1, -0.05) is 17.3 Å². The van der Waals surface area contributed by atoms with E-state index in [1.807, 2.05) is 12.1 Å². The standard InChI is InChI=1S/C15H18N2O4S/c1-10-15(11(2)21-17-10)22(18,19)16-7-5-12-3-4-14-13(9-12)6-8-20-14/h3-4,9,16H,5-8H2,1-2H3. The zero-order chi connectivity index (χ0) is 15.7. The molecule has 1 aromatic heterocycles. The van der Waals surface area contributed by atoms with Crippen LogP contribution in [-0.4, -0.2) is 26.7 Å². The zero-order valence-electron chi connectivity index (χ0n) is 12.5. The summed E-state index contributed by atoms with van der Waals surface area (Å²) in [4.78, 5) is 0.134. The Balaban J connectivity index is 1.66. The lowest BCUT2D eigenvalue weighted by Crippen LogP contribution is -2.26. The molecule has 0 atom stereocenters. The third-order valence-electron chi connectivity index (χ3n) is 3.70. The van der Waals surface area contributed by atoms with Gasteiger partial charge in [-0.15, -0.1) is 0 Å². The topological polar surface area (TPSA) is 81.4 Å². The lowest BCUT2D eigenvalue weighted by atomic mass is 10.1. The number of sulfonamides is 1. The molecule has 0 bridgehead atoms. The molecule has 7 heteroatoms. The average molecular weight is 322 g/mol. The SMILES string of the molecule is Cc1noc(C)c1S(=O)(=O)NCCc1ccc2c(c1)CCO2. The highest BCUT2D eigenvalue weighted by Gasteiger charge is 2.23. The van der Waals surface area contributed by atoms with Crippen molar-refractivity contribution in [2.45, 2.75) is 31.6 Å².